The Morgan fingerprint density at radius 3 is 2.29 bits per heavy atom. The largest absolute Gasteiger partial charge is 0.388 e. The van der Waals surface area contributed by atoms with Gasteiger partial charge in [0.05, 0.1) is 6.10 Å². The summed E-state index contributed by atoms with van der Waals surface area (Å²) in [6.45, 7) is 10.6. The summed E-state index contributed by atoms with van der Waals surface area (Å²) in [6.07, 6.45) is 0.530. The first-order chi connectivity index (χ1) is 6.29. The smallest absolute Gasteiger partial charge is 0.0889 e. The summed E-state index contributed by atoms with van der Waals surface area (Å²) in [5, 5.41) is 10.1. The number of thiophene rings is 1. The van der Waals surface area contributed by atoms with Crippen LogP contribution < -0.4 is 0 Å². The Bertz CT molecular complexity index is 307. The average Bonchev–Trinajstić information content (AvgIpc) is 2.26. The Morgan fingerprint density at radius 1 is 1.36 bits per heavy atom. The van der Waals surface area contributed by atoms with E-state index in [4.69, 9.17) is 0 Å². The van der Waals surface area contributed by atoms with Gasteiger partial charge < -0.3 is 5.11 Å². The van der Waals surface area contributed by atoms with Crippen molar-refractivity contribution in [3.8, 4) is 0 Å². The molecule has 0 saturated carbocycles. The lowest BCUT2D eigenvalue weighted by molar-refractivity contribution is 0.125. The molecule has 80 valence electrons. The van der Waals surface area contributed by atoms with Gasteiger partial charge in [0.25, 0.3) is 0 Å². The Balaban J connectivity index is 2.79. The number of hydrogen-bond donors (Lipinski definition) is 1. The first-order valence-corrected chi connectivity index (χ1v) is 5.86. The van der Waals surface area contributed by atoms with Crippen molar-refractivity contribution in [3.05, 3.63) is 21.4 Å². The van der Waals surface area contributed by atoms with E-state index >= 15 is 0 Å². The van der Waals surface area contributed by atoms with Crippen LogP contribution >= 0.6 is 11.3 Å². The lowest BCUT2D eigenvalue weighted by Gasteiger charge is -2.22. The molecule has 1 atom stereocenters. The Labute approximate surface area is 90.8 Å². The van der Waals surface area contributed by atoms with E-state index in [1.807, 2.05) is 0 Å². The molecule has 0 aromatic carbocycles. The van der Waals surface area contributed by atoms with Crippen LogP contribution in [0.2, 0.25) is 0 Å². The molecule has 0 saturated heterocycles. The first kappa shape index (κ1) is 11.7. The molecule has 1 rings (SSSR count). The van der Waals surface area contributed by atoms with Crippen LogP contribution in [0.1, 0.15) is 48.6 Å². The third-order valence-corrected chi connectivity index (χ3v) is 3.44. The second-order valence-electron chi connectivity index (χ2n) is 5.18. The van der Waals surface area contributed by atoms with Crippen LogP contribution in [0, 0.1) is 19.3 Å². The molecule has 2 heteroatoms. The molecule has 1 aromatic heterocycles. The maximum Gasteiger partial charge on any atom is 0.0889 e. The highest BCUT2D eigenvalue weighted by Crippen LogP contribution is 2.34. The van der Waals surface area contributed by atoms with E-state index in [-0.39, 0.29) is 11.5 Å². The van der Waals surface area contributed by atoms with Gasteiger partial charge in [-0.3, -0.25) is 0 Å². The van der Waals surface area contributed by atoms with Gasteiger partial charge >= 0.3 is 0 Å². The molecule has 0 aliphatic rings. The molecule has 0 amide bonds. The van der Waals surface area contributed by atoms with E-state index in [0.717, 1.165) is 11.3 Å². The summed E-state index contributed by atoms with van der Waals surface area (Å²) in [5.74, 6) is 0. The molecular weight excluding hydrogens is 192 g/mol. The Hall–Kier alpha value is -0.340. The lowest BCUT2D eigenvalue weighted by Crippen LogP contribution is -2.11. The normalized spacial score (nSPS) is 14.4. The van der Waals surface area contributed by atoms with Crippen molar-refractivity contribution in [2.24, 2.45) is 5.41 Å². The van der Waals surface area contributed by atoms with Crippen LogP contribution in [0.3, 0.4) is 0 Å². The highest BCUT2D eigenvalue weighted by Gasteiger charge is 2.20. The highest BCUT2D eigenvalue weighted by atomic mass is 32.1. The summed E-state index contributed by atoms with van der Waals surface area (Å²) >= 11 is 1.71. The molecule has 0 aliphatic carbocycles. The van der Waals surface area contributed by atoms with E-state index in [0.29, 0.717) is 0 Å². The van der Waals surface area contributed by atoms with Crippen LogP contribution in [-0.4, -0.2) is 5.11 Å². The fraction of sp³-hybridized carbons (Fsp3) is 0.667. The highest BCUT2D eigenvalue weighted by molar-refractivity contribution is 7.12. The maximum atomic E-state index is 10.1. The summed E-state index contributed by atoms with van der Waals surface area (Å²) in [7, 11) is 0. The van der Waals surface area contributed by atoms with Crippen molar-refractivity contribution in [3.63, 3.8) is 0 Å². The summed E-state index contributed by atoms with van der Waals surface area (Å²) in [5.41, 5.74) is 1.41. The number of rotatable bonds is 2. The Morgan fingerprint density at radius 2 is 1.93 bits per heavy atom. The van der Waals surface area contributed by atoms with Gasteiger partial charge in [-0.25, -0.2) is 0 Å². The van der Waals surface area contributed by atoms with E-state index in [9.17, 15) is 5.11 Å². The van der Waals surface area contributed by atoms with Gasteiger partial charge in [-0.05, 0) is 37.3 Å². The number of hydrogen-bond acceptors (Lipinski definition) is 2. The quantitative estimate of drug-likeness (QED) is 0.790. The second kappa shape index (κ2) is 4.03. The first-order valence-electron chi connectivity index (χ1n) is 5.04. The number of aliphatic hydroxyl groups excluding tert-OH is 1. The lowest BCUT2D eigenvalue weighted by atomic mass is 9.88. The van der Waals surface area contributed by atoms with E-state index in [1.54, 1.807) is 11.3 Å². The van der Waals surface area contributed by atoms with Crippen LogP contribution in [0.25, 0.3) is 0 Å². The third-order valence-electron chi connectivity index (χ3n) is 2.19. The van der Waals surface area contributed by atoms with Crippen LogP contribution in [0.5, 0.6) is 0 Å². The summed E-state index contributed by atoms with van der Waals surface area (Å²) in [4.78, 5) is 2.42. The second-order valence-corrected chi connectivity index (χ2v) is 6.47. The van der Waals surface area contributed by atoms with Crippen LogP contribution in [-0.2, 0) is 0 Å². The van der Waals surface area contributed by atoms with Crippen molar-refractivity contribution < 1.29 is 5.11 Å². The van der Waals surface area contributed by atoms with Gasteiger partial charge in [-0.2, -0.15) is 0 Å². The molecule has 0 radical (unpaired) electrons. The fourth-order valence-corrected chi connectivity index (χ4v) is 2.68. The van der Waals surface area contributed by atoms with Gasteiger partial charge in [-0.15, -0.1) is 11.3 Å². The minimum Gasteiger partial charge on any atom is -0.388 e. The summed E-state index contributed by atoms with van der Waals surface area (Å²) in [6, 6.07) is 2.14. The van der Waals surface area contributed by atoms with Crippen molar-refractivity contribution in [2.45, 2.75) is 47.1 Å². The van der Waals surface area contributed by atoms with Crippen molar-refractivity contribution in [2.75, 3.05) is 0 Å². The van der Waals surface area contributed by atoms with Gasteiger partial charge in [-0.1, -0.05) is 20.8 Å². The van der Waals surface area contributed by atoms with Crippen LogP contribution in [0.4, 0.5) is 0 Å². The molecule has 14 heavy (non-hydrogen) atoms. The zero-order valence-electron chi connectivity index (χ0n) is 9.72. The summed E-state index contributed by atoms with van der Waals surface area (Å²) < 4.78 is 0. The monoisotopic (exact) mass is 212 g/mol. The minimum absolute atomic E-state index is 0.184. The zero-order chi connectivity index (χ0) is 10.9. The standard InChI is InChI=1S/C12H20OS/c1-8-6-9(2)14-11(8)10(13)7-12(3,4)5/h6,10,13H,7H2,1-5H3. The molecule has 1 aromatic rings. The SMILES string of the molecule is Cc1cc(C)c(C(O)CC(C)(C)C)s1. The third kappa shape index (κ3) is 3.10. The van der Waals surface area contributed by atoms with Crippen molar-refractivity contribution >= 4 is 11.3 Å². The molecule has 1 unspecified atom stereocenters. The van der Waals surface area contributed by atoms with Gasteiger partial charge in [0.1, 0.15) is 0 Å². The predicted octanol–water partition coefficient (Wildman–Crippen LogP) is 3.83. The van der Waals surface area contributed by atoms with E-state index < -0.39 is 0 Å². The van der Waals surface area contributed by atoms with Gasteiger partial charge in [0, 0.05) is 9.75 Å². The van der Waals surface area contributed by atoms with E-state index in [2.05, 4.69) is 40.7 Å². The zero-order valence-corrected chi connectivity index (χ0v) is 10.5. The molecule has 0 bridgehead atoms. The minimum atomic E-state index is -0.298. The van der Waals surface area contributed by atoms with Crippen LogP contribution in [0.15, 0.2) is 6.07 Å². The molecule has 0 spiro atoms. The molecule has 0 fully saturated rings. The Kier molecular flexibility index (Phi) is 3.38. The maximum absolute atomic E-state index is 10.1. The molecule has 1 heterocycles. The molecular formula is C12H20OS. The fourth-order valence-electron chi connectivity index (χ4n) is 1.66. The predicted molar refractivity (Wildman–Crippen MR) is 62.8 cm³/mol. The van der Waals surface area contributed by atoms with E-state index in [1.165, 1.54) is 10.4 Å². The molecule has 0 aliphatic heterocycles. The number of aliphatic hydroxyl groups is 1. The molecule has 1 nitrogen and oxygen atoms in total. The average molecular weight is 212 g/mol. The number of aryl methyl sites for hydroxylation is 2. The topological polar surface area (TPSA) is 20.2 Å². The van der Waals surface area contributed by atoms with Gasteiger partial charge in [0.15, 0.2) is 0 Å². The van der Waals surface area contributed by atoms with Crippen molar-refractivity contribution in [1.82, 2.24) is 0 Å². The molecule has 1 N–H and O–H groups in total. The van der Waals surface area contributed by atoms with Gasteiger partial charge in [0.2, 0.25) is 0 Å². The van der Waals surface area contributed by atoms with Crippen molar-refractivity contribution in [1.29, 1.82) is 0 Å².